The molecule has 0 fully saturated rings. The van der Waals surface area contributed by atoms with Crippen LogP contribution in [-0.2, 0) is 21.7 Å². The molecule has 716 valence electrons. The third kappa shape index (κ3) is 14.9. The molecule has 25 aromatic rings. The molecule has 29 rings (SSSR count). The third-order valence-electron chi connectivity index (χ3n) is 32.5. The maximum atomic E-state index is 7.00. The van der Waals surface area contributed by atoms with Gasteiger partial charge in [0.25, 0.3) is 0 Å². The van der Waals surface area contributed by atoms with Crippen molar-refractivity contribution >= 4 is 117 Å². The molecule has 0 amide bonds. The fourth-order valence-corrected chi connectivity index (χ4v) is 25.0. The van der Waals surface area contributed by atoms with E-state index in [1.165, 1.54) is 145 Å². The summed E-state index contributed by atoms with van der Waals surface area (Å²) in [6, 6.07) is 182. The van der Waals surface area contributed by atoms with Crippen LogP contribution in [-0.4, -0.2) is 0 Å². The van der Waals surface area contributed by atoms with Crippen molar-refractivity contribution in [1.29, 1.82) is 0 Å². The van der Waals surface area contributed by atoms with E-state index in [-0.39, 0.29) is 21.7 Å². The van der Waals surface area contributed by atoms with Gasteiger partial charge in [-0.1, -0.05) is 425 Å². The minimum absolute atomic E-state index is 0.0280. The van der Waals surface area contributed by atoms with Gasteiger partial charge < -0.3 is 28.0 Å². The predicted molar refractivity (Wildman–Crippen MR) is 628 cm³/mol. The van der Waals surface area contributed by atoms with Crippen molar-refractivity contribution in [2.24, 2.45) is 0 Å². The lowest BCUT2D eigenvalue weighted by Crippen LogP contribution is -2.15. The first-order chi connectivity index (χ1) is 73.4. The summed E-state index contributed by atoms with van der Waals surface area (Å²) in [4.78, 5) is 7.16. The van der Waals surface area contributed by atoms with E-state index >= 15 is 0 Å². The Morgan fingerprint density at radius 2 is 0.413 bits per heavy atom. The van der Waals surface area contributed by atoms with Gasteiger partial charge in [0.05, 0.1) is 22.1 Å². The zero-order chi connectivity index (χ0) is 101. The van der Waals surface area contributed by atoms with Gasteiger partial charge >= 0.3 is 0 Å². The fraction of sp³-hybridized carbons (Fsp3) is 0.0833. The number of rotatable bonds is 15. The SMILES string of the molecule is CC1(C)c2ccccc2-c2c(-c3ccc(N(c4ccc(-c5ccccc5)cc4)c4ccc(-c5ccccc5)cc4)c4c3oc3ccccc34)cccc21.CC1(C)c2ccccc2-c2cc(N(c3ccc(-c4ccccc4)cc3)c3ccc(-c4cccc5c4-c4ccccc4C5(C)C)c4oc5ccccc5c34)ccc21.CC1(C)c2ccccc2-c2cc(N(c3ccc(-c4ccccc4)cc3)c3ccc4c(c3)oc3ccccc34)ccc21. The van der Waals surface area contributed by atoms with Crippen LogP contribution in [0.25, 0.3) is 177 Å². The molecule has 0 aliphatic heterocycles. The first-order valence-corrected chi connectivity index (χ1v) is 52.2. The van der Waals surface area contributed by atoms with Gasteiger partial charge in [-0.3, -0.25) is 0 Å². The van der Waals surface area contributed by atoms with Gasteiger partial charge in [0.15, 0.2) is 0 Å². The van der Waals surface area contributed by atoms with Gasteiger partial charge in [-0.25, -0.2) is 0 Å². The molecule has 0 bridgehead atoms. The highest BCUT2D eigenvalue weighted by Crippen LogP contribution is 2.60. The summed E-state index contributed by atoms with van der Waals surface area (Å²) < 4.78 is 20.2. The number of fused-ring (bicyclic) bond motifs is 21. The Morgan fingerprint density at radius 1 is 0.153 bits per heavy atom. The smallest absolute Gasteiger partial charge is 0.145 e. The van der Waals surface area contributed by atoms with Crippen molar-refractivity contribution in [3.63, 3.8) is 0 Å². The number of furan rings is 3. The van der Waals surface area contributed by atoms with Crippen LogP contribution in [0.3, 0.4) is 0 Å². The fourth-order valence-electron chi connectivity index (χ4n) is 25.0. The van der Waals surface area contributed by atoms with E-state index in [2.05, 4.69) is 561 Å². The highest BCUT2D eigenvalue weighted by atomic mass is 16.3. The topological polar surface area (TPSA) is 49.1 Å². The zero-order valence-electron chi connectivity index (χ0n) is 85.0. The molecule has 6 heteroatoms. The predicted octanol–water partition coefficient (Wildman–Crippen LogP) is 40.4. The van der Waals surface area contributed by atoms with E-state index in [9.17, 15) is 0 Å². The second-order valence-corrected chi connectivity index (χ2v) is 42.4. The average molecular weight is 1930 g/mol. The Labute approximate surface area is 875 Å². The maximum Gasteiger partial charge on any atom is 0.145 e. The molecule has 0 saturated carbocycles. The molecule has 22 aromatic carbocycles. The lowest BCUT2D eigenvalue weighted by atomic mass is 9.82. The number of hydrogen-bond acceptors (Lipinski definition) is 6. The van der Waals surface area contributed by atoms with Crippen LogP contribution < -0.4 is 14.7 Å². The quantitative estimate of drug-likeness (QED) is 0.102. The second kappa shape index (κ2) is 35.8. The minimum Gasteiger partial charge on any atom is -0.456 e. The van der Waals surface area contributed by atoms with E-state index in [0.717, 1.165) is 128 Å². The first kappa shape index (κ1) is 90.4. The van der Waals surface area contributed by atoms with E-state index in [1.54, 1.807) is 0 Å². The van der Waals surface area contributed by atoms with Gasteiger partial charge in [0, 0.05) is 100 Å². The summed E-state index contributed by atoms with van der Waals surface area (Å²) in [5, 5.41) is 6.68. The number of nitrogens with zero attached hydrogens (tertiary/aromatic N) is 3. The molecule has 4 aliphatic carbocycles. The Morgan fingerprint density at radius 3 is 0.807 bits per heavy atom. The normalized spacial score (nSPS) is 13.5. The molecule has 150 heavy (non-hydrogen) atoms. The molecule has 0 atom stereocenters. The summed E-state index contributed by atoms with van der Waals surface area (Å²) >= 11 is 0. The van der Waals surface area contributed by atoms with Crippen molar-refractivity contribution in [3.05, 3.63) is 548 Å². The van der Waals surface area contributed by atoms with Gasteiger partial charge in [-0.15, -0.1) is 0 Å². The van der Waals surface area contributed by atoms with Crippen LogP contribution in [0, 0.1) is 0 Å². The molecule has 0 saturated heterocycles. The van der Waals surface area contributed by atoms with Crippen molar-refractivity contribution in [2.45, 2.75) is 77.0 Å². The number of para-hydroxylation sites is 3. The van der Waals surface area contributed by atoms with Crippen LogP contribution in [0.4, 0.5) is 51.2 Å². The highest BCUT2D eigenvalue weighted by Gasteiger charge is 2.42. The second-order valence-electron chi connectivity index (χ2n) is 42.4. The summed E-state index contributed by atoms with van der Waals surface area (Å²) in [6.07, 6.45) is 0. The highest BCUT2D eigenvalue weighted by molar-refractivity contribution is 6.20. The van der Waals surface area contributed by atoms with Crippen molar-refractivity contribution in [1.82, 2.24) is 0 Å². The summed E-state index contributed by atoms with van der Waals surface area (Å²) in [6.45, 7) is 18.7. The van der Waals surface area contributed by atoms with E-state index in [1.807, 2.05) is 12.1 Å². The Hall–Kier alpha value is -18.4. The largest absolute Gasteiger partial charge is 0.456 e. The Kier molecular flexibility index (Phi) is 21.6. The average Bonchev–Trinajstić information content (AvgIpc) is 1.57. The van der Waals surface area contributed by atoms with Gasteiger partial charge in [-0.05, 0) is 272 Å². The Balaban J connectivity index is 0.000000112. The lowest BCUT2D eigenvalue weighted by Gasteiger charge is -2.28. The molecule has 0 spiro atoms. The molecule has 0 N–H and O–H groups in total. The summed E-state index contributed by atoms with van der Waals surface area (Å²) in [5.41, 5.74) is 50.4. The summed E-state index contributed by atoms with van der Waals surface area (Å²) in [7, 11) is 0. The molecule has 3 aromatic heterocycles. The number of anilines is 9. The standard InChI is InChI=1S/C54H41NO.C51H37NO.C39H29NO/c1-53(2)44-21-11-8-17-38(44)43-33-37(29-31-46(43)53)55(36-27-25-35(26-28-36)34-15-6-5-7-16-34)48-32-30-40(52-51(48)42-19-10-13-24-49(42)56-52)39-20-14-23-47-50(39)41-18-9-12-22-45(41)54(47,3)4;1-51(2)44-21-11-9-18-42(44)48-40(20-13-22-45(48)51)41-32-33-46(49-43-19-10-12-23-47(43)53-50(41)49)52(38-28-24-36(25-29-38)34-14-5-3-6-15-34)39-30-26-37(27-31-39)35-16-7-4-8-17-35;1-39(2)35-14-8-6-12-31(35)34-24-29(21-23-36(34)39)40(28-18-16-27(17-19-28)26-10-4-3-5-11-26)30-20-22-33-32-13-7-9-15-37(32)41-38(33)25-30/h5-33H,1-4H3;3-33H,1-2H3;3-25H,1-2H3. The summed E-state index contributed by atoms with van der Waals surface area (Å²) in [5.74, 6) is 0. The lowest BCUT2D eigenvalue weighted by molar-refractivity contribution is 0.660. The monoisotopic (exact) mass is 1930 g/mol. The van der Waals surface area contributed by atoms with Gasteiger partial charge in [0.2, 0.25) is 0 Å². The van der Waals surface area contributed by atoms with E-state index in [4.69, 9.17) is 13.3 Å². The van der Waals surface area contributed by atoms with Crippen LogP contribution in [0.5, 0.6) is 0 Å². The van der Waals surface area contributed by atoms with Crippen LogP contribution >= 0.6 is 0 Å². The molecule has 6 nitrogen and oxygen atoms in total. The van der Waals surface area contributed by atoms with E-state index < -0.39 is 0 Å². The molecular weight excluding hydrogens is 1820 g/mol. The van der Waals surface area contributed by atoms with E-state index in [0.29, 0.717) is 0 Å². The third-order valence-corrected chi connectivity index (χ3v) is 32.5. The molecule has 0 radical (unpaired) electrons. The van der Waals surface area contributed by atoms with Gasteiger partial charge in [0.1, 0.15) is 33.5 Å². The molecule has 0 unspecified atom stereocenters. The number of hydrogen-bond donors (Lipinski definition) is 0. The minimum atomic E-state index is -0.0989. The molecule has 3 heterocycles. The maximum absolute atomic E-state index is 7.00. The Bertz CT molecular complexity index is 9520. The van der Waals surface area contributed by atoms with Crippen molar-refractivity contribution in [2.75, 3.05) is 14.7 Å². The van der Waals surface area contributed by atoms with Crippen LogP contribution in [0.1, 0.15) is 99.9 Å². The first-order valence-electron chi connectivity index (χ1n) is 52.2. The van der Waals surface area contributed by atoms with Crippen molar-refractivity contribution < 1.29 is 13.3 Å². The molecule has 4 aliphatic rings. The molecular formula is C144H107N3O3. The van der Waals surface area contributed by atoms with Crippen LogP contribution in [0.2, 0.25) is 0 Å². The van der Waals surface area contributed by atoms with Crippen LogP contribution in [0.15, 0.2) is 517 Å². The van der Waals surface area contributed by atoms with Gasteiger partial charge in [-0.2, -0.15) is 0 Å². The van der Waals surface area contributed by atoms with Crippen molar-refractivity contribution in [3.8, 4) is 111 Å². The zero-order valence-corrected chi connectivity index (χ0v) is 85.0. The number of benzene rings is 22.